The Bertz CT molecular complexity index is 955. The highest BCUT2D eigenvalue weighted by molar-refractivity contribution is 6.02. The number of rotatable bonds is 5. The van der Waals surface area contributed by atoms with Crippen LogP contribution in [0.15, 0.2) is 76.8 Å². The van der Waals surface area contributed by atoms with Gasteiger partial charge in [0.15, 0.2) is 0 Å². The first-order chi connectivity index (χ1) is 12.5. The van der Waals surface area contributed by atoms with Gasteiger partial charge in [-0.3, -0.25) is 4.79 Å². The lowest BCUT2D eigenvalue weighted by Crippen LogP contribution is -2.27. The number of amides is 1. The number of carboxylic acids is 1. The van der Waals surface area contributed by atoms with Gasteiger partial charge in [-0.25, -0.2) is 4.79 Å². The number of benzene rings is 2. The van der Waals surface area contributed by atoms with E-state index in [2.05, 4.69) is 5.32 Å². The third kappa shape index (κ3) is 3.99. The van der Waals surface area contributed by atoms with Crippen molar-refractivity contribution in [2.24, 2.45) is 0 Å². The Labute approximate surface area is 149 Å². The maximum atomic E-state index is 12.1. The van der Waals surface area contributed by atoms with Gasteiger partial charge >= 0.3 is 5.97 Å². The molecule has 3 N–H and O–H groups in total. The zero-order chi connectivity index (χ0) is 18.5. The maximum Gasteiger partial charge on any atom is 0.352 e. The molecule has 3 aromatic rings. The van der Waals surface area contributed by atoms with Crippen LogP contribution in [0, 0.1) is 0 Å². The second-order valence-electron chi connectivity index (χ2n) is 5.43. The van der Waals surface area contributed by atoms with Crippen molar-refractivity contribution in [1.82, 2.24) is 5.32 Å². The van der Waals surface area contributed by atoms with Crippen molar-refractivity contribution in [3.05, 3.63) is 83.8 Å². The first-order valence-corrected chi connectivity index (χ1v) is 7.73. The molecule has 6 nitrogen and oxygen atoms in total. The summed E-state index contributed by atoms with van der Waals surface area (Å²) in [5.74, 6) is -0.882. The summed E-state index contributed by atoms with van der Waals surface area (Å²) >= 11 is 0. The third-order valence-electron chi connectivity index (χ3n) is 3.58. The van der Waals surface area contributed by atoms with Gasteiger partial charge in [-0.05, 0) is 48.5 Å². The summed E-state index contributed by atoms with van der Waals surface area (Å²) < 4.78 is 5.60. The monoisotopic (exact) mass is 349 g/mol. The summed E-state index contributed by atoms with van der Waals surface area (Å²) in [6.07, 6.45) is 1.24. The number of phenols is 1. The van der Waals surface area contributed by atoms with Crippen LogP contribution in [0.3, 0.4) is 0 Å². The van der Waals surface area contributed by atoms with E-state index in [1.807, 2.05) is 0 Å². The van der Waals surface area contributed by atoms with Gasteiger partial charge < -0.3 is 19.9 Å². The number of nitrogens with one attached hydrogen (secondary N) is 1. The molecule has 0 aliphatic heterocycles. The van der Waals surface area contributed by atoms with Gasteiger partial charge in [0.2, 0.25) is 0 Å². The SMILES string of the molecule is O=C(O)/C(=C\c1ccc(-c2ccc(O)cc2)o1)NC(=O)c1ccccc1. The molecular weight excluding hydrogens is 334 g/mol. The second-order valence-corrected chi connectivity index (χ2v) is 5.43. The minimum atomic E-state index is -1.28. The lowest BCUT2D eigenvalue weighted by molar-refractivity contribution is -0.132. The van der Waals surface area contributed by atoms with E-state index in [9.17, 15) is 19.8 Å². The van der Waals surface area contributed by atoms with Crippen LogP contribution in [-0.4, -0.2) is 22.1 Å². The number of furan rings is 1. The lowest BCUT2D eigenvalue weighted by Gasteiger charge is -2.05. The third-order valence-corrected chi connectivity index (χ3v) is 3.58. The van der Waals surface area contributed by atoms with Crippen molar-refractivity contribution in [3.8, 4) is 17.1 Å². The van der Waals surface area contributed by atoms with E-state index in [0.29, 0.717) is 11.3 Å². The molecule has 1 amide bonds. The Balaban J connectivity index is 1.82. The fourth-order valence-corrected chi connectivity index (χ4v) is 2.29. The van der Waals surface area contributed by atoms with Gasteiger partial charge in [0.25, 0.3) is 5.91 Å². The Morgan fingerprint density at radius 1 is 0.923 bits per heavy atom. The number of aliphatic carboxylic acids is 1. The van der Waals surface area contributed by atoms with E-state index in [-0.39, 0.29) is 17.2 Å². The fraction of sp³-hybridized carbons (Fsp3) is 0. The smallest absolute Gasteiger partial charge is 0.352 e. The predicted molar refractivity (Wildman–Crippen MR) is 95.3 cm³/mol. The van der Waals surface area contributed by atoms with Crippen LogP contribution in [0.4, 0.5) is 0 Å². The quantitative estimate of drug-likeness (QED) is 0.612. The van der Waals surface area contributed by atoms with Crippen LogP contribution in [0.5, 0.6) is 5.75 Å². The lowest BCUT2D eigenvalue weighted by atomic mass is 10.2. The standard InChI is InChI=1S/C20H15NO5/c22-15-8-6-13(7-9-15)18-11-10-16(26-18)12-17(20(24)25)21-19(23)14-4-2-1-3-5-14/h1-12,22H,(H,21,23)(H,24,25)/b17-12+. The average Bonchev–Trinajstić information content (AvgIpc) is 3.11. The van der Waals surface area contributed by atoms with E-state index < -0.39 is 11.9 Å². The first-order valence-electron chi connectivity index (χ1n) is 7.73. The largest absolute Gasteiger partial charge is 0.508 e. The molecule has 0 saturated heterocycles. The number of aromatic hydroxyl groups is 1. The van der Waals surface area contributed by atoms with Crippen LogP contribution in [0.1, 0.15) is 16.1 Å². The molecule has 130 valence electrons. The Kier molecular flexibility index (Phi) is 4.85. The molecule has 0 aliphatic carbocycles. The predicted octanol–water partition coefficient (Wildman–Crippen LogP) is 3.51. The number of carbonyl (C=O) groups excluding carboxylic acids is 1. The molecule has 26 heavy (non-hydrogen) atoms. The number of phenolic OH excluding ortho intramolecular Hbond substituents is 1. The van der Waals surface area contributed by atoms with E-state index in [0.717, 1.165) is 5.56 Å². The number of carbonyl (C=O) groups is 2. The minimum absolute atomic E-state index is 0.136. The molecule has 0 bridgehead atoms. The van der Waals surface area contributed by atoms with Crippen molar-refractivity contribution < 1.29 is 24.2 Å². The van der Waals surface area contributed by atoms with Crippen molar-refractivity contribution in [2.75, 3.05) is 0 Å². The molecule has 0 unspecified atom stereocenters. The molecule has 0 radical (unpaired) electrons. The summed E-state index contributed by atoms with van der Waals surface area (Å²) in [6, 6.07) is 18.0. The molecular formula is C20H15NO5. The summed E-state index contributed by atoms with van der Waals surface area (Å²) in [5, 5.41) is 21.0. The van der Waals surface area contributed by atoms with Gasteiger partial charge in [0, 0.05) is 17.2 Å². The van der Waals surface area contributed by atoms with Gasteiger partial charge in [0.1, 0.15) is 23.0 Å². The highest BCUT2D eigenvalue weighted by Gasteiger charge is 2.14. The highest BCUT2D eigenvalue weighted by atomic mass is 16.4. The number of hydrogen-bond donors (Lipinski definition) is 3. The van der Waals surface area contributed by atoms with Crippen molar-refractivity contribution in [2.45, 2.75) is 0 Å². The zero-order valence-corrected chi connectivity index (χ0v) is 13.5. The number of hydrogen-bond acceptors (Lipinski definition) is 4. The first kappa shape index (κ1) is 17.0. The topological polar surface area (TPSA) is 99.8 Å². The summed E-state index contributed by atoms with van der Waals surface area (Å²) in [7, 11) is 0. The molecule has 0 fully saturated rings. The van der Waals surface area contributed by atoms with Crippen LogP contribution >= 0.6 is 0 Å². The van der Waals surface area contributed by atoms with Gasteiger partial charge in [-0.2, -0.15) is 0 Å². The highest BCUT2D eigenvalue weighted by Crippen LogP contribution is 2.25. The molecule has 1 heterocycles. The van der Waals surface area contributed by atoms with Crippen LogP contribution < -0.4 is 5.32 Å². The van der Waals surface area contributed by atoms with Crippen molar-refractivity contribution in [3.63, 3.8) is 0 Å². The zero-order valence-electron chi connectivity index (χ0n) is 13.5. The van der Waals surface area contributed by atoms with E-state index in [4.69, 9.17) is 4.42 Å². The van der Waals surface area contributed by atoms with Crippen LogP contribution in [-0.2, 0) is 4.79 Å². The molecule has 6 heteroatoms. The molecule has 2 aromatic carbocycles. The average molecular weight is 349 g/mol. The minimum Gasteiger partial charge on any atom is -0.508 e. The molecule has 0 atom stereocenters. The summed E-state index contributed by atoms with van der Waals surface area (Å²) in [6.45, 7) is 0. The molecule has 0 spiro atoms. The van der Waals surface area contributed by atoms with Crippen LogP contribution in [0.2, 0.25) is 0 Å². The summed E-state index contributed by atoms with van der Waals surface area (Å²) in [4.78, 5) is 23.6. The van der Waals surface area contributed by atoms with Crippen molar-refractivity contribution >= 4 is 18.0 Å². The fourth-order valence-electron chi connectivity index (χ4n) is 2.29. The Morgan fingerprint density at radius 3 is 2.27 bits per heavy atom. The number of carboxylic acid groups (broad SMARTS) is 1. The maximum absolute atomic E-state index is 12.1. The van der Waals surface area contributed by atoms with E-state index in [1.54, 1.807) is 54.6 Å². The molecule has 0 aliphatic rings. The molecule has 1 aromatic heterocycles. The van der Waals surface area contributed by atoms with Crippen molar-refractivity contribution in [1.29, 1.82) is 0 Å². The summed E-state index contributed by atoms with van der Waals surface area (Å²) in [5.41, 5.74) is 0.780. The Hall–Kier alpha value is -3.80. The van der Waals surface area contributed by atoms with Gasteiger partial charge in [-0.15, -0.1) is 0 Å². The van der Waals surface area contributed by atoms with Gasteiger partial charge in [-0.1, -0.05) is 18.2 Å². The second kappa shape index (κ2) is 7.40. The normalized spacial score (nSPS) is 11.2. The molecule has 0 saturated carbocycles. The van der Waals surface area contributed by atoms with E-state index in [1.165, 1.54) is 18.2 Å². The molecule has 3 rings (SSSR count). The van der Waals surface area contributed by atoms with Crippen LogP contribution in [0.25, 0.3) is 17.4 Å². The Morgan fingerprint density at radius 2 is 1.62 bits per heavy atom. The van der Waals surface area contributed by atoms with E-state index >= 15 is 0 Å². The van der Waals surface area contributed by atoms with Gasteiger partial charge in [0.05, 0.1) is 0 Å².